The molecule has 6 heteroatoms. The first-order valence-corrected chi connectivity index (χ1v) is 8.95. The Hall–Kier alpha value is -2.21. The average Bonchev–Trinajstić information content (AvgIpc) is 3.09. The van der Waals surface area contributed by atoms with E-state index in [2.05, 4.69) is 20.9 Å². The van der Waals surface area contributed by atoms with Crippen LogP contribution < -0.4 is 9.47 Å². The molecule has 3 rings (SSSR count). The normalized spacial score (nSPS) is 18.7. The van der Waals surface area contributed by atoms with E-state index >= 15 is 0 Å². The molecule has 2 aromatic rings. The Morgan fingerprint density at radius 1 is 1.23 bits per heavy atom. The molecular weight excluding hydrogens is 333 g/mol. The van der Waals surface area contributed by atoms with Gasteiger partial charge in [-0.3, -0.25) is 4.90 Å². The third-order valence-corrected chi connectivity index (χ3v) is 5.11. The van der Waals surface area contributed by atoms with E-state index in [9.17, 15) is 4.39 Å². The zero-order chi connectivity index (χ0) is 18.7. The van der Waals surface area contributed by atoms with Crippen LogP contribution in [0.25, 0.3) is 0 Å². The number of likely N-dealkylation sites (tertiary alicyclic amines) is 1. The quantitative estimate of drug-likeness (QED) is 0.789. The predicted octanol–water partition coefficient (Wildman–Crippen LogP) is 3.57. The van der Waals surface area contributed by atoms with Gasteiger partial charge in [-0.15, -0.1) is 0 Å². The number of nitrogens with zero attached hydrogens (tertiary/aromatic N) is 3. The first kappa shape index (κ1) is 18.6. The monoisotopic (exact) mass is 359 g/mol. The van der Waals surface area contributed by atoms with E-state index in [4.69, 9.17) is 9.47 Å². The van der Waals surface area contributed by atoms with Crippen LogP contribution in [0.5, 0.6) is 11.8 Å². The Morgan fingerprint density at radius 3 is 2.73 bits per heavy atom. The molecule has 1 aliphatic rings. The molecule has 2 aromatic heterocycles. The van der Waals surface area contributed by atoms with Gasteiger partial charge in [0.05, 0.1) is 20.4 Å². The van der Waals surface area contributed by atoms with E-state index in [0.29, 0.717) is 23.2 Å². The second kappa shape index (κ2) is 7.99. The summed E-state index contributed by atoms with van der Waals surface area (Å²) < 4.78 is 24.6. The van der Waals surface area contributed by atoms with Crippen molar-refractivity contribution >= 4 is 0 Å². The van der Waals surface area contributed by atoms with Gasteiger partial charge in [-0.05, 0) is 50.8 Å². The third-order valence-electron chi connectivity index (χ3n) is 5.11. The van der Waals surface area contributed by atoms with Crippen molar-refractivity contribution in [3.63, 3.8) is 0 Å². The molecular formula is C20H26FN3O2. The minimum Gasteiger partial charge on any atom is -0.481 e. The van der Waals surface area contributed by atoms with Crippen molar-refractivity contribution in [2.75, 3.05) is 27.3 Å². The fourth-order valence-electron chi connectivity index (χ4n) is 3.71. The average molecular weight is 359 g/mol. The lowest BCUT2D eigenvalue weighted by Crippen LogP contribution is -2.25. The Bertz CT molecular complexity index is 769. The Morgan fingerprint density at radius 2 is 2.00 bits per heavy atom. The molecule has 1 saturated heterocycles. The van der Waals surface area contributed by atoms with Gasteiger partial charge in [0.2, 0.25) is 11.8 Å². The first-order chi connectivity index (χ1) is 12.5. The molecule has 1 unspecified atom stereocenters. The highest BCUT2D eigenvalue weighted by Crippen LogP contribution is 2.31. The van der Waals surface area contributed by atoms with E-state index < -0.39 is 0 Å². The highest BCUT2D eigenvalue weighted by Gasteiger charge is 2.28. The van der Waals surface area contributed by atoms with Gasteiger partial charge in [-0.1, -0.05) is 0 Å². The fraction of sp³-hybridized carbons (Fsp3) is 0.500. The summed E-state index contributed by atoms with van der Waals surface area (Å²) >= 11 is 0. The van der Waals surface area contributed by atoms with Crippen molar-refractivity contribution in [2.45, 2.75) is 32.7 Å². The predicted molar refractivity (Wildman–Crippen MR) is 98.1 cm³/mol. The van der Waals surface area contributed by atoms with E-state index in [1.807, 2.05) is 19.9 Å². The Labute approximate surface area is 154 Å². The zero-order valence-electron chi connectivity index (χ0n) is 15.8. The fourth-order valence-corrected chi connectivity index (χ4v) is 3.71. The summed E-state index contributed by atoms with van der Waals surface area (Å²) in [5.41, 5.74) is 2.85. The van der Waals surface area contributed by atoms with Crippen molar-refractivity contribution < 1.29 is 13.9 Å². The van der Waals surface area contributed by atoms with Crippen LogP contribution in [0.2, 0.25) is 0 Å². The Kier molecular flexibility index (Phi) is 5.71. The minimum absolute atomic E-state index is 0.00869. The number of pyridine rings is 2. The molecule has 2 atom stereocenters. The third kappa shape index (κ3) is 4.12. The van der Waals surface area contributed by atoms with Crippen LogP contribution in [-0.2, 0) is 6.42 Å². The number of hydrogen-bond acceptors (Lipinski definition) is 5. The van der Waals surface area contributed by atoms with E-state index in [1.54, 1.807) is 20.3 Å². The van der Waals surface area contributed by atoms with Gasteiger partial charge < -0.3 is 9.47 Å². The van der Waals surface area contributed by atoms with Crippen LogP contribution in [0.3, 0.4) is 0 Å². The largest absolute Gasteiger partial charge is 0.481 e. The molecule has 0 N–H and O–H groups in total. The molecule has 1 fully saturated rings. The van der Waals surface area contributed by atoms with Gasteiger partial charge in [-0.2, -0.15) is 0 Å². The molecule has 1 aliphatic heterocycles. The first-order valence-electron chi connectivity index (χ1n) is 8.95. The van der Waals surface area contributed by atoms with Crippen molar-refractivity contribution in [2.24, 2.45) is 5.92 Å². The molecule has 5 nitrogen and oxygen atoms in total. The number of methoxy groups -OCH3 is 2. The van der Waals surface area contributed by atoms with Crippen LogP contribution in [0.4, 0.5) is 4.39 Å². The lowest BCUT2D eigenvalue weighted by atomic mass is 9.99. The molecule has 0 amide bonds. The summed E-state index contributed by atoms with van der Waals surface area (Å²) in [5.74, 6) is 1.37. The van der Waals surface area contributed by atoms with Gasteiger partial charge >= 0.3 is 0 Å². The van der Waals surface area contributed by atoms with E-state index in [0.717, 1.165) is 31.6 Å². The maximum Gasteiger partial charge on any atom is 0.213 e. The number of ether oxygens (including phenoxy) is 2. The summed E-state index contributed by atoms with van der Waals surface area (Å²) in [5, 5.41) is 0. The number of halogens is 1. The number of hydrogen-bond donors (Lipinski definition) is 0. The van der Waals surface area contributed by atoms with Crippen LogP contribution in [0, 0.1) is 18.7 Å². The molecule has 0 aliphatic carbocycles. The summed E-state index contributed by atoms with van der Waals surface area (Å²) in [6, 6.07) is 5.81. The van der Waals surface area contributed by atoms with Crippen LogP contribution in [0.1, 0.15) is 36.2 Å². The second-order valence-electron chi connectivity index (χ2n) is 6.94. The second-order valence-corrected chi connectivity index (χ2v) is 6.94. The number of aryl methyl sites for hydroxylation is 1. The van der Waals surface area contributed by atoms with Gasteiger partial charge in [0, 0.05) is 36.0 Å². The highest BCUT2D eigenvalue weighted by atomic mass is 19.1. The standard InChI is InChI=1S/C20H26FN3O2/c1-13-7-16(9-20(23-13)26-4)8-15-5-6-24(12-15)14(2)17-10-19(25-3)22-11-18(17)21/h7,9-11,14-15H,5-6,8,12H2,1-4H3/t14?,15-/m0/s1. The van der Waals surface area contributed by atoms with E-state index in [-0.39, 0.29) is 11.9 Å². The lowest BCUT2D eigenvalue weighted by molar-refractivity contribution is 0.246. The molecule has 26 heavy (non-hydrogen) atoms. The SMILES string of the molecule is COc1cc(C(C)N2CC[C@@H](Cc3cc(C)nc(OC)c3)C2)c(F)cn1. The maximum absolute atomic E-state index is 14.2. The summed E-state index contributed by atoms with van der Waals surface area (Å²) in [6.45, 7) is 5.92. The lowest BCUT2D eigenvalue weighted by Gasteiger charge is -2.25. The minimum atomic E-state index is -0.281. The summed E-state index contributed by atoms with van der Waals surface area (Å²) in [7, 11) is 3.19. The maximum atomic E-state index is 14.2. The van der Waals surface area contributed by atoms with E-state index in [1.165, 1.54) is 11.8 Å². The molecule has 140 valence electrons. The van der Waals surface area contributed by atoms with Gasteiger partial charge in [-0.25, -0.2) is 14.4 Å². The van der Waals surface area contributed by atoms with Crippen molar-refractivity contribution in [1.29, 1.82) is 0 Å². The van der Waals surface area contributed by atoms with Gasteiger partial charge in [0.1, 0.15) is 5.82 Å². The molecule has 3 heterocycles. The van der Waals surface area contributed by atoms with Crippen molar-refractivity contribution in [3.05, 3.63) is 47.0 Å². The number of rotatable bonds is 6. The molecule has 0 bridgehead atoms. The van der Waals surface area contributed by atoms with Crippen molar-refractivity contribution in [3.8, 4) is 11.8 Å². The topological polar surface area (TPSA) is 47.5 Å². The smallest absolute Gasteiger partial charge is 0.213 e. The Balaban J connectivity index is 1.68. The highest BCUT2D eigenvalue weighted by molar-refractivity contribution is 5.26. The molecule has 0 saturated carbocycles. The van der Waals surface area contributed by atoms with Crippen LogP contribution in [-0.4, -0.2) is 42.2 Å². The number of aromatic nitrogens is 2. The molecule has 0 aromatic carbocycles. The summed E-state index contributed by atoms with van der Waals surface area (Å²) in [6.07, 6.45) is 3.31. The van der Waals surface area contributed by atoms with Crippen molar-refractivity contribution in [1.82, 2.24) is 14.9 Å². The van der Waals surface area contributed by atoms with Crippen LogP contribution in [0.15, 0.2) is 24.4 Å². The zero-order valence-corrected chi connectivity index (χ0v) is 15.8. The molecule has 0 radical (unpaired) electrons. The van der Waals surface area contributed by atoms with Crippen LogP contribution >= 0.6 is 0 Å². The summed E-state index contributed by atoms with van der Waals surface area (Å²) in [4.78, 5) is 10.6. The molecule has 0 spiro atoms. The van der Waals surface area contributed by atoms with Gasteiger partial charge in [0.25, 0.3) is 0 Å². The van der Waals surface area contributed by atoms with Gasteiger partial charge in [0.15, 0.2) is 0 Å².